The van der Waals surface area contributed by atoms with Gasteiger partial charge < -0.3 is 9.64 Å². The Morgan fingerprint density at radius 2 is 2.05 bits per heavy atom. The lowest BCUT2D eigenvalue weighted by molar-refractivity contribution is -0.122. The van der Waals surface area contributed by atoms with Gasteiger partial charge in [-0.3, -0.25) is 9.69 Å². The molecule has 0 saturated carbocycles. The first-order chi connectivity index (χ1) is 9.90. The van der Waals surface area contributed by atoms with Gasteiger partial charge in [-0.2, -0.15) is 0 Å². The summed E-state index contributed by atoms with van der Waals surface area (Å²) in [5.41, 5.74) is 1.09. The summed E-state index contributed by atoms with van der Waals surface area (Å²) < 4.78 is 5.28. The molecule has 7 heteroatoms. The van der Waals surface area contributed by atoms with E-state index in [0.717, 1.165) is 0 Å². The third-order valence-corrected chi connectivity index (χ3v) is 4.19. The van der Waals surface area contributed by atoms with Gasteiger partial charge in [0, 0.05) is 24.2 Å². The number of rotatable bonds is 3. The zero-order valence-corrected chi connectivity index (χ0v) is 14.1. The fourth-order valence-electron chi connectivity index (χ4n) is 2.14. The Hall–Kier alpha value is -1.30. The fraction of sp³-hybridized carbons (Fsp3) is 0.286. The van der Waals surface area contributed by atoms with Crippen molar-refractivity contribution in [3.63, 3.8) is 0 Å². The number of ether oxygens (including phenoxy) is 1. The van der Waals surface area contributed by atoms with Gasteiger partial charge in [0.05, 0.1) is 12.1 Å². The summed E-state index contributed by atoms with van der Waals surface area (Å²) in [5, 5.41) is 1.33. The molecule has 0 aromatic heterocycles. The van der Waals surface area contributed by atoms with Crippen LogP contribution < -0.4 is 4.74 Å². The number of likely N-dealkylation sites (N-methyl/N-ethyl adjacent to an activating group) is 2. The van der Waals surface area contributed by atoms with Crippen LogP contribution in [0.4, 0.5) is 0 Å². The second-order valence-electron chi connectivity index (χ2n) is 4.43. The van der Waals surface area contributed by atoms with Gasteiger partial charge in [0.25, 0.3) is 5.91 Å². The Bertz CT molecular complexity index is 646. The first-order valence-electron chi connectivity index (χ1n) is 6.25. The van der Waals surface area contributed by atoms with Crippen molar-refractivity contribution in [2.45, 2.75) is 6.92 Å². The molecule has 0 bridgehead atoms. The molecule has 1 saturated heterocycles. The first kappa shape index (κ1) is 16.1. The van der Waals surface area contributed by atoms with Crippen molar-refractivity contribution in [3.05, 3.63) is 33.4 Å². The summed E-state index contributed by atoms with van der Waals surface area (Å²) in [6, 6.07) is 3.28. The molecule has 112 valence electrons. The smallest absolute Gasteiger partial charge is 0.276 e. The lowest BCUT2D eigenvalue weighted by atomic mass is 10.1. The van der Waals surface area contributed by atoms with Crippen molar-refractivity contribution in [1.29, 1.82) is 0 Å². The van der Waals surface area contributed by atoms with E-state index < -0.39 is 0 Å². The molecule has 0 aliphatic carbocycles. The zero-order valence-electron chi connectivity index (χ0n) is 11.8. The first-order valence-corrected chi connectivity index (χ1v) is 7.41. The lowest BCUT2D eigenvalue weighted by Crippen LogP contribution is -2.30. The molecular weight excluding hydrogens is 331 g/mol. The van der Waals surface area contributed by atoms with Crippen molar-refractivity contribution in [2.24, 2.45) is 0 Å². The third kappa shape index (κ3) is 2.86. The third-order valence-electron chi connectivity index (χ3n) is 3.19. The average molecular weight is 345 g/mol. The van der Waals surface area contributed by atoms with Crippen molar-refractivity contribution in [3.8, 4) is 5.75 Å². The molecule has 1 aliphatic rings. The molecule has 2 rings (SSSR count). The molecule has 0 atom stereocenters. The minimum atomic E-state index is -0.150. The molecule has 4 nitrogen and oxygen atoms in total. The van der Waals surface area contributed by atoms with Crippen LogP contribution >= 0.6 is 35.4 Å². The Morgan fingerprint density at radius 1 is 1.38 bits per heavy atom. The topological polar surface area (TPSA) is 32.8 Å². The van der Waals surface area contributed by atoms with E-state index >= 15 is 0 Å². The molecule has 1 aliphatic heterocycles. The number of hydrogen-bond acceptors (Lipinski definition) is 3. The number of nitrogens with zero attached hydrogens (tertiary/aromatic N) is 2. The largest absolute Gasteiger partial charge is 0.495 e. The van der Waals surface area contributed by atoms with Gasteiger partial charge in [-0.05, 0) is 37.4 Å². The van der Waals surface area contributed by atoms with Crippen molar-refractivity contribution < 1.29 is 9.53 Å². The van der Waals surface area contributed by atoms with E-state index in [-0.39, 0.29) is 5.91 Å². The van der Waals surface area contributed by atoms with E-state index in [4.69, 9.17) is 40.2 Å². The van der Waals surface area contributed by atoms with Crippen LogP contribution in [-0.2, 0) is 4.79 Å². The van der Waals surface area contributed by atoms with Crippen LogP contribution in [0.25, 0.3) is 6.08 Å². The summed E-state index contributed by atoms with van der Waals surface area (Å²) in [6.45, 7) is 2.39. The summed E-state index contributed by atoms with van der Waals surface area (Å²) in [4.78, 5) is 15.5. The fourth-order valence-corrected chi connectivity index (χ4v) is 3.04. The molecule has 1 amide bonds. The van der Waals surface area contributed by atoms with Crippen LogP contribution in [0.2, 0.25) is 10.0 Å². The number of halogens is 2. The van der Waals surface area contributed by atoms with Gasteiger partial charge in [0.1, 0.15) is 11.4 Å². The number of hydrogen-bond donors (Lipinski definition) is 0. The number of amides is 1. The van der Waals surface area contributed by atoms with Crippen molar-refractivity contribution in [2.75, 3.05) is 20.7 Å². The summed E-state index contributed by atoms with van der Waals surface area (Å²) in [7, 11) is 3.26. The quantitative estimate of drug-likeness (QED) is 0.621. The standard InChI is InChI=1S/C14H14Cl2N2O2S/c1-4-18-13(19)11(17(2)14(18)21)6-8-5-9(15)7-10(16)12(8)20-3/h5-7H,4H2,1-3H3. The Labute approximate surface area is 138 Å². The maximum Gasteiger partial charge on any atom is 0.276 e. The van der Waals surface area contributed by atoms with Gasteiger partial charge in [0.15, 0.2) is 5.11 Å². The number of thiocarbonyl (C=S) groups is 1. The molecule has 1 fully saturated rings. The predicted octanol–water partition coefficient (Wildman–Crippen LogP) is 3.42. The maximum absolute atomic E-state index is 12.4. The van der Waals surface area contributed by atoms with Crippen LogP contribution in [0.15, 0.2) is 17.8 Å². The van der Waals surface area contributed by atoms with Crippen LogP contribution in [0.5, 0.6) is 5.75 Å². The zero-order chi connectivity index (χ0) is 15.7. The molecule has 21 heavy (non-hydrogen) atoms. The highest BCUT2D eigenvalue weighted by Crippen LogP contribution is 2.34. The molecule has 0 radical (unpaired) electrons. The van der Waals surface area contributed by atoms with Crippen molar-refractivity contribution in [1.82, 2.24) is 9.80 Å². The number of benzene rings is 1. The average Bonchev–Trinajstić information content (AvgIpc) is 2.62. The van der Waals surface area contributed by atoms with Gasteiger partial charge in [-0.25, -0.2) is 0 Å². The maximum atomic E-state index is 12.4. The SMILES string of the molecule is CCN1C(=O)C(=Cc2cc(Cl)cc(Cl)c2OC)N(C)C1=S. The van der Waals surface area contributed by atoms with Crippen LogP contribution in [0.3, 0.4) is 0 Å². The molecule has 0 spiro atoms. The number of carbonyl (C=O) groups excluding carboxylic acids is 1. The summed E-state index contributed by atoms with van der Waals surface area (Å²) in [6.07, 6.45) is 1.68. The van der Waals surface area contributed by atoms with E-state index in [1.165, 1.54) is 12.0 Å². The lowest BCUT2D eigenvalue weighted by Gasteiger charge is -2.14. The molecule has 1 aromatic carbocycles. The second kappa shape index (κ2) is 6.22. The monoisotopic (exact) mass is 344 g/mol. The minimum Gasteiger partial charge on any atom is -0.495 e. The van der Waals surface area contributed by atoms with Gasteiger partial charge in [-0.15, -0.1) is 0 Å². The van der Waals surface area contributed by atoms with Crippen LogP contribution in [-0.4, -0.2) is 41.5 Å². The van der Waals surface area contributed by atoms with E-state index in [2.05, 4.69) is 0 Å². The van der Waals surface area contributed by atoms with Crippen molar-refractivity contribution >= 4 is 52.5 Å². The van der Waals surface area contributed by atoms with E-state index in [0.29, 0.717) is 38.7 Å². The van der Waals surface area contributed by atoms with Crippen LogP contribution in [0, 0.1) is 0 Å². The summed E-state index contributed by atoms with van der Waals surface area (Å²) in [5.74, 6) is 0.318. The molecular formula is C14H14Cl2N2O2S. The minimum absolute atomic E-state index is 0.150. The normalized spacial score (nSPS) is 17.1. The predicted molar refractivity (Wildman–Crippen MR) is 88.7 cm³/mol. The molecule has 0 N–H and O–H groups in total. The van der Waals surface area contributed by atoms with E-state index in [1.54, 1.807) is 30.2 Å². The molecule has 1 heterocycles. The van der Waals surface area contributed by atoms with E-state index in [9.17, 15) is 4.79 Å². The molecule has 0 unspecified atom stereocenters. The number of carbonyl (C=O) groups is 1. The highest BCUT2D eigenvalue weighted by Gasteiger charge is 2.34. The van der Waals surface area contributed by atoms with E-state index in [1.807, 2.05) is 6.92 Å². The Balaban J connectivity index is 2.54. The highest BCUT2D eigenvalue weighted by atomic mass is 35.5. The highest BCUT2D eigenvalue weighted by molar-refractivity contribution is 7.80. The van der Waals surface area contributed by atoms with Gasteiger partial charge >= 0.3 is 0 Å². The Kier molecular flexibility index (Phi) is 4.76. The van der Waals surface area contributed by atoms with Gasteiger partial charge in [0.2, 0.25) is 0 Å². The van der Waals surface area contributed by atoms with Gasteiger partial charge in [-0.1, -0.05) is 23.2 Å². The number of methoxy groups -OCH3 is 1. The second-order valence-corrected chi connectivity index (χ2v) is 5.64. The Morgan fingerprint density at radius 3 is 2.57 bits per heavy atom. The molecule has 1 aromatic rings. The van der Waals surface area contributed by atoms with Crippen LogP contribution in [0.1, 0.15) is 12.5 Å². The summed E-state index contributed by atoms with van der Waals surface area (Å²) >= 11 is 17.4.